The van der Waals surface area contributed by atoms with Gasteiger partial charge in [-0.15, -0.1) is 0 Å². The summed E-state index contributed by atoms with van der Waals surface area (Å²) in [5.41, 5.74) is 3.85. The monoisotopic (exact) mass is 351 g/mol. The molecule has 0 spiro atoms. The summed E-state index contributed by atoms with van der Waals surface area (Å²) in [6.45, 7) is 1.77. The average Bonchev–Trinajstić information content (AvgIpc) is 2.57. The fourth-order valence-electron chi connectivity index (χ4n) is 2.54. The minimum Gasteiger partial charge on any atom is -0.362 e. The molecule has 0 N–H and O–H groups in total. The summed E-state index contributed by atoms with van der Waals surface area (Å²) < 4.78 is 1.13. The average molecular weight is 352 g/mol. The predicted molar refractivity (Wildman–Crippen MR) is 96.9 cm³/mol. The van der Waals surface area contributed by atoms with Crippen molar-refractivity contribution in [1.29, 1.82) is 0 Å². The lowest BCUT2D eigenvalue weighted by atomic mass is 10.1. The molecule has 2 heteroatoms. The SMILES string of the molecule is Brc1ccccc1N(Cc1ccccc1)Cc1ccccc1. The lowest BCUT2D eigenvalue weighted by Crippen LogP contribution is -2.22. The topological polar surface area (TPSA) is 3.24 Å². The molecule has 0 fully saturated rings. The van der Waals surface area contributed by atoms with E-state index in [1.807, 2.05) is 0 Å². The molecule has 3 rings (SSSR count). The zero-order valence-corrected chi connectivity index (χ0v) is 13.9. The first-order chi connectivity index (χ1) is 10.8. The van der Waals surface area contributed by atoms with Crippen LogP contribution in [0.1, 0.15) is 11.1 Å². The minimum absolute atomic E-state index is 0.887. The molecule has 0 aliphatic carbocycles. The number of para-hydroxylation sites is 1. The molecule has 0 aliphatic heterocycles. The van der Waals surface area contributed by atoms with Gasteiger partial charge in [-0.2, -0.15) is 0 Å². The first-order valence-corrected chi connectivity index (χ1v) is 8.19. The Balaban J connectivity index is 1.90. The summed E-state index contributed by atoms with van der Waals surface area (Å²) in [6, 6.07) is 29.6. The highest BCUT2D eigenvalue weighted by Crippen LogP contribution is 2.28. The van der Waals surface area contributed by atoms with E-state index in [0.717, 1.165) is 17.6 Å². The number of anilines is 1. The number of halogens is 1. The molecule has 0 heterocycles. The zero-order valence-electron chi connectivity index (χ0n) is 12.3. The highest BCUT2D eigenvalue weighted by molar-refractivity contribution is 9.10. The van der Waals surface area contributed by atoms with Crippen LogP contribution < -0.4 is 4.90 Å². The van der Waals surface area contributed by atoms with Crippen molar-refractivity contribution in [2.75, 3.05) is 4.90 Å². The fraction of sp³-hybridized carbons (Fsp3) is 0.100. The molecule has 0 saturated heterocycles. The molecule has 3 aromatic carbocycles. The second-order valence-electron chi connectivity index (χ2n) is 5.28. The van der Waals surface area contributed by atoms with E-state index in [2.05, 4.69) is 106 Å². The van der Waals surface area contributed by atoms with Crippen LogP contribution in [0, 0.1) is 0 Å². The third kappa shape index (κ3) is 3.77. The van der Waals surface area contributed by atoms with E-state index in [1.54, 1.807) is 0 Å². The van der Waals surface area contributed by atoms with Crippen LogP contribution in [0.15, 0.2) is 89.4 Å². The summed E-state index contributed by atoms with van der Waals surface area (Å²) in [7, 11) is 0. The third-order valence-corrected chi connectivity index (χ3v) is 4.30. The highest BCUT2D eigenvalue weighted by Gasteiger charge is 2.11. The van der Waals surface area contributed by atoms with Crippen molar-refractivity contribution >= 4 is 21.6 Å². The number of hydrogen-bond acceptors (Lipinski definition) is 1. The molecular weight excluding hydrogens is 334 g/mol. The molecule has 0 amide bonds. The highest BCUT2D eigenvalue weighted by atomic mass is 79.9. The van der Waals surface area contributed by atoms with Gasteiger partial charge >= 0.3 is 0 Å². The van der Waals surface area contributed by atoms with Gasteiger partial charge in [0.15, 0.2) is 0 Å². The Bertz CT molecular complexity index is 669. The van der Waals surface area contributed by atoms with Crippen LogP contribution in [0.3, 0.4) is 0 Å². The van der Waals surface area contributed by atoms with Gasteiger partial charge in [-0.05, 0) is 39.2 Å². The quantitative estimate of drug-likeness (QED) is 0.573. The van der Waals surface area contributed by atoms with E-state index < -0.39 is 0 Å². The molecule has 22 heavy (non-hydrogen) atoms. The van der Waals surface area contributed by atoms with Crippen molar-refractivity contribution in [3.05, 3.63) is 101 Å². The Kier molecular flexibility index (Phi) is 4.92. The van der Waals surface area contributed by atoms with E-state index in [1.165, 1.54) is 16.8 Å². The van der Waals surface area contributed by atoms with Crippen molar-refractivity contribution in [3.8, 4) is 0 Å². The lowest BCUT2D eigenvalue weighted by molar-refractivity contribution is 0.798. The zero-order chi connectivity index (χ0) is 15.2. The Labute approximate surface area is 140 Å². The summed E-state index contributed by atoms with van der Waals surface area (Å²) in [6.07, 6.45) is 0. The van der Waals surface area contributed by atoms with Gasteiger partial charge in [0.25, 0.3) is 0 Å². The molecule has 0 atom stereocenters. The van der Waals surface area contributed by atoms with Crippen LogP contribution in [0.4, 0.5) is 5.69 Å². The molecule has 0 bridgehead atoms. The van der Waals surface area contributed by atoms with Crippen molar-refractivity contribution in [2.24, 2.45) is 0 Å². The van der Waals surface area contributed by atoms with Crippen LogP contribution in [0.2, 0.25) is 0 Å². The summed E-state index contributed by atoms with van der Waals surface area (Å²) in [5.74, 6) is 0. The van der Waals surface area contributed by atoms with E-state index in [0.29, 0.717) is 0 Å². The number of benzene rings is 3. The minimum atomic E-state index is 0.887. The van der Waals surface area contributed by atoms with Gasteiger partial charge in [0, 0.05) is 17.6 Å². The first-order valence-electron chi connectivity index (χ1n) is 7.40. The maximum Gasteiger partial charge on any atom is 0.0516 e. The Morgan fingerprint density at radius 1 is 0.591 bits per heavy atom. The third-order valence-electron chi connectivity index (χ3n) is 3.63. The summed E-state index contributed by atoms with van der Waals surface area (Å²) in [4.78, 5) is 2.40. The van der Waals surface area contributed by atoms with Gasteiger partial charge in [0.05, 0.1) is 5.69 Å². The Hall–Kier alpha value is -2.06. The largest absolute Gasteiger partial charge is 0.362 e. The van der Waals surface area contributed by atoms with E-state index in [-0.39, 0.29) is 0 Å². The van der Waals surface area contributed by atoms with Gasteiger partial charge < -0.3 is 4.90 Å². The summed E-state index contributed by atoms with van der Waals surface area (Å²) >= 11 is 3.68. The summed E-state index contributed by atoms with van der Waals surface area (Å²) in [5, 5.41) is 0. The van der Waals surface area contributed by atoms with Gasteiger partial charge in [-0.25, -0.2) is 0 Å². The number of hydrogen-bond donors (Lipinski definition) is 0. The van der Waals surface area contributed by atoms with Crippen LogP contribution in [0.25, 0.3) is 0 Å². The predicted octanol–water partition coefficient (Wildman–Crippen LogP) is 5.66. The maximum absolute atomic E-state index is 3.68. The molecular formula is C20H18BrN. The second-order valence-corrected chi connectivity index (χ2v) is 6.13. The molecule has 0 aromatic heterocycles. The molecule has 0 saturated carbocycles. The molecule has 0 radical (unpaired) electrons. The van der Waals surface area contributed by atoms with Gasteiger partial charge in [-0.1, -0.05) is 72.8 Å². The first kappa shape index (κ1) is 14.9. The smallest absolute Gasteiger partial charge is 0.0516 e. The van der Waals surface area contributed by atoms with Crippen LogP contribution >= 0.6 is 15.9 Å². The fourth-order valence-corrected chi connectivity index (χ4v) is 3.08. The molecule has 110 valence electrons. The van der Waals surface area contributed by atoms with Crippen LogP contribution in [-0.2, 0) is 13.1 Å². The maximum atomic E-state index is 3.68. The van der Waals surface area contributed by atoms with Crippen molar-refractivity contribution in [1.82, 2.24) is 0 Å². The normalized spacial score (nSPS) is 10.4. The van der Waals surface area contributed by atoms with Gasteiger partial charge in [0.2, 0.25) is 0 Å². The number of rotatable bonds is 5. The van der Waals surface area contributed by atoms with Crippen LogP contribution in [-0.4, -0.2) is 0 Å². The lowest BCUT2D eigenvalue weighted by Gasteiger charge is -2.26. The molecule has 1 nitrogen and oxygen atoms in total. The van der Waals surface area contributed by atoms with E-state index >= 15 is 0 Å². The van der Waals surface area contributed by atoms with Crippen molar-refractivity contribution < 1.29 is 0 Å². The second kappa shape index (κ2) is 7.28. The van der Waals surface area contributed by atoms with Crippen molar-refractivity contribution in [3.63, 3.8) is 0 Å². The van der Waals surface area contributed by atoms with Crippen molar-refractivity contribution in [2.45, 2.75) is 13.1 Å². The Morgan fingerprint density at radius 3 is 1.55 bits per heavy atom. The molecule has 0 unspecified atom stereocenters. The van der Waals surface area contributed by atoms with E-state index in [9.17, 15) is 0 Å². The standard InChI is InChI=1S/C20H18BrN/c21-19-13-7-8-14-20(19)22(15-17-9-3-1-4-10-17)16-18-11-5-2-6-12-18/h1-14H,15-16H2. The number of nitrogens with zero attached hydrogens (tertiary/aromatic N) is 1. The van der Waals surface area contributed by atoms with E-state index in [4.69, 9.17) is 0 Å². The van der Waals surface area contributed by atoms with Crippen LogP contribution in [0.5, 0.6) is 0 Å². The molecule has 3 aromatic rings. The molecule has 0 aliphatic rings. The Morgan fingerprint density at radius 2 is 1.05 bits per heavy atom. The van der Waals surface area contributed by atoms with Gasteiger partial charge in [0.1, 0.15) is 0 Å². The van der Waals surface area contributed by atoms with Gasteiger partial charge in [-0.3, -0.25) is 0 Å².